The lowest BCUT2D eigenvalue weighted by Crippen LogP contribution is -2.43. The van der Waals surface area contributed by atoms with Crippen molar-refractivity contribution in [2.45, 2.75) is 25.7 Å². The molecule has 9 heteroatoms. The smallest absolute Gasteiger partial charge is 0.493 e. The van der Waals surface area contributed by atoms with Gasteiger partial charge in [0.15, 0.2) is 11.5 Å². The number of nitrogens with zero attached hydrogens (tertiary/aromatic N) is 1. The number of halogens is 3. The average Bonchev–Trinajstić information content (AvgIpc) is 2.72. The van der Waals surface area contributed by atoms with E-state index in [2.05, 4.69) is 10.1 Å². The van der Waals surface area contributed by atoms with Gasteiger partial charge >= 0.3 is 12.4 Å². The van der Waals surface area contributed by atoms with Crippen LogP contribution in [0.2, 0.25) is 0 Å². The second-order valence-corrected chi connectivity index (χ2v) is 6.82. The minimum atomic E-state index is -4.71. The number of methoxy groups -OCH3 is 2. The Morgan fingerprint density at radius 3 is 2.30 bits per heavy atom. The monoisotopic (exact) mass is 424 g/mol. The van der Waals surface area contributed by atoms with Crippen LogP contribution in [0.1, 0.15) is 16.7 Å². The summed E-state index contributed by atoms with van der Waals surface area (Å²) in [6, 6.07) is 9.25. The Kier molecular flexibility index (Phi) is 6.59. The topological polar surface area (TPSA) is 60.0 Å². The van der Waals surface area contributed by atoms with Crippen LogP contribution in [-0.4, -0.2) is 44.6 Å². The minimum absolute atomic E-state index is 0.188. The fourth-order valence-corrected chi connectivity index (χ4v) is 3.34. The molecule has 0 saturated carbocycles. The highest BCUT2D eigenvalue weighted by molar-refractivity contribution is 5.74. The molecule has 0 aliphatic carbocycles. The van der Waals surface area contributed by atoms with Crippen molar-refractivity contribution >= 4 is 6.03 Å². The molecule has 2 aromatic rings. The molecular formula is C21H23F3N2O4. The molecule has 0 spiro atoms. The van der Waals surface area contributed by atoms with Crippen molar-refractivity contribution in [1.29, 1.82) is 0 Å². The van der Waals surface area contributed by atoms with Gasteiger partial charge in [-0.1, -0.05) is 12.1 Å². The van der Waals surface area contributed by atoms with Gasteiger partial charge in [-0.2, -0.15) is 0 Å². The quantitative estimate of drug-likeness (QED) is 0.764. The number of carbonyl (C=O) groups is 1. The number of carbonyl (C=O) groups excluding carboxylic acids is 1. The van der Waals surface area contributed by atoms with E-state index in [9.17, 15) is 18.0 Å². The average molecular weight is 424 g/mol. The number of hydrogen-bond acceptors (Lipinski definition) is 4. The van der Waals surface area contributed by atoms with Gasteiger partial charge in [0, 0.05) is 19.6 Å². The van der Waals surface area contributed by atoms with Crippen LogP contribution < -0.4 is 19.5 Å². The molecular weight excluding hydrogens is 401 g/mol. The van der Waals surface area contributed by atoms with E-state index in [0.717, 1.165) is 16.7 Å². The first-order chi connectivity index (χ1) is 14.3. The highest BCUT2D eigenvalue weighted by Gasteiger charge is 2.31. The number of alkyl halides is 3. The van der Waals surface area contributed by atoms with E-state index in [1.807, 2.05) is 12.1 Å². The van der Waals surface area contributed by atoms with Crippen molar-refractivity contribution in [3.05, 3.63) is 53.1 Å². The highest BCUT2D eigenvalue weighted by atomic mass is 19.4. The van der Waals surface area contributed by atoms with Gasteiger partial charge in [-0.25, -0.2) is 4.79 Å². The van der Waals surface area contributed by atoms with Gasteiger partial charge in [0.1, 0.15) is 5.75 Å². The Morgan fingerprint density at radius 2 is 1.70 bits per heavy atom. The van der Waals surface area contributed by atoms with E-state index in [4.69, 9.17) is 9.47 Å². The van der Waals surface area contributed by atoms with Crippen molar-refractivity contribution in [1.82, 2.24) is 10.2 Å². The molecule has 1 N–H and O–H groups in total. The summed E-state index contributed by atoms with van der Waals surface area (Å²) in [5.41, 5.74) is 2.93. The van der Waals surface area contributed by atoms with Gasteiger partial charge in [-0.3, -0.25) is 0 Å². The molecule has 30 heavy (non-hydrogen) atoms. The Morgan fingerprint density at radius 1 is 1.07 bits per heavy atom. The van der Waals surface area contributed by atoms with Crippen LogP contribution in [0.5, 0.6) is 17.2 Å². The maximum Gasteiger partial charge on any atom is 0.573 e. The third-order valence-corrected chi connectivity index (χ3v) is 4.85. The summed E-state index contributed by atoms with van der Waals surface area (Å²) >= 11 is 0. The van der Waals surface area contributed by atoms with Gasteiger partial charge in [0.05, 0.1) is 14.2 Å². The van der Waals surface area contributed by atoms with Crippen LogP contribution in [-0.2, 0) is 19.4 Å². The van der Waals surface area contributed by atoms with Crippen molar-refractivity contribution in [2.75, 3.05) is 27.3 Å². The lowest BCUT2D eigenvalue weighted by molar-refractivity contribution is -0.274. The lowest BCUT2D eigenvalue weighted by atomic mass is 9.99. The Bertz CT molecular complexity index is 885. The molecule has 0 aromatic heterocycles. The summed E-state index contributed by atoms with van der Waals surface area (Å²) in [6.07, 6.45) is -3.50. The number of amides is 2. The SMILES string of the molecule is COc1cc2c(cc1OC)CN(C(=O)NCCc1ccc(OC(F)(F)F)cc1)CC2. The first-order valence-corrected chi connectivity index (χ1v) is 9.40. The zero-order chi connectivity index (χ0) is 21.7. The first-order valence-electron chi connectivity index (χ1n) is 9.40. The van der Waals surface area contributed by atoms with Gasteiger partial charge in [-0.15, -0.1) is 13.2 Å². The van der Waals surface area contributed by atoms with Crippen molar-refractivity contribution < 1.29 is 32.2 Å². The third-order valence-electron chi connectivity index (χ3n) is 4.85. The number of ether oxygens (including phenoxy) is 3. The highest BCUT2D eigenvalue weighted by Crippen LogP contribution is 2.33. The van der Waals surface area contributed by atoms with Gasteiger partial charge in [0.25, 0.3) is 0 Å². The van der Waals surface area contributed by atoms with E-state index >= 15 is 0 Å². The zero-order valence-electron chi connectivity index (χ0n) is 16.7. The van der Waals surface area contributed by atoms with Crippen LogP contribution >= 0.6 is 0 Å². The van der Waals surface area contributed by atoms with E-state index in [0.29, 0.717) is 44.0 Å². The lowest BCUT2D eigenvalue weighted by Gasteiger charge is -2.29. The summed E-state index contributed by atoms with van der Waals surface area (Å²) in [5.74, 6) is 1.02. The molecule has 0 unspecified atom stereocenters. The Balaban J connectivity index is 1.51. The number of rotatable bonds is 6. The molecule has 0 bridgehead atoms. The van der Waals surface area contributed by atoms with Gasteiger partial charge in [-0.05, 0) is 53.8 Å². The minimum Gasteiger partial charge on any atom is -0.493 e. The van der Waals surface area contributed by atoms with E-state index in [1.54, 1.807) is 31.3 Å². The third kappa shape index (κ3) is 5.49. The second-order valence-electron chi connectivity index (χ2n) is 6.82. The van der Waals surface area contributed by atoms with Crippen molar-refractivity contribution in [3.8, 4) is 17.2 Å². The van der Waals surface area contributed by atoms with Gasteiger partial charge < -0.3 is 24.4 Å². The molecule has 162 valence electrons. The summed E-state index contributed by atoms with van der Waals surface area (Å²) < 4.78 is 51.1. The molecule has 0 atom stereocenters. The summed E-state index contributed by atoms with van der Waals surface area (Å²) in [7, 11) is 3.16. The van der Waals surface area contributed by atoms with Gasteiger partial charge in [0.2, 0.25) is 0 Å². The van der Waals surface area contributed by atoms with Crippen LogP contribution in [0.4, 0.5) is 18.0 Å². The molecule has 0 radical (unpaired) electrons. The number of nitrogens with one attached hydrogen (secondary N) is 1. The van der Waals surface area contributed by atoms with E-state index in [1.165, 1.54) is 12.1 Å². The Hall–Kier alpha value is -3.10. The maximum absolute atomic E-state index is 12.5. The predicted molar refractivity (Wildman–Crippen MR) is 104 cm³/mol. The van der Waals surface area contributed by atoms with Crippen LogP contribution in [0, 0.1) is 0 Å². The zero-order valence-corrected chi connectivity index (χ0v) is 16.7. The number of fused-ring (bicyclic) bond motifs is 1. The molecule has 6 nitrogen and oxygen atoms in total. The van der Waals surface area contributed by atoms with E-state index < -0.39 is 6.36 Å². The molecule has 2 amide bonds. The predicted octanol–water partition coefficient (Wildman–Crippen LogP) is 3.91. The van der Waals surface area contributed by atoms with Crippen LogP contribution in [0.25, 0.3) is 0 Å². The van der Waals surface area contributed by atoms with Crippen molar-refractivity contribution in [3.63, 3.8) is 0 Å². The normalized spacial score (nSPS) is 13.4. The molecule has 1 heterocycles. The number of urea groups is 1. The number of hydrogen-bond donors (Lipinski definition) is 1. The summed E-state index contributed by atoms with van der Waals surface area (Å²) in [4.78, 5) is 14.2. The molecule has 2 aromatic carbocycles. The molecule has 0 fully saturated rings. The largest absolute Gasteiger partial charge is 0.573 e. The molecule has 0 saturated heterocycles. The van der Waals surface area contributed by atoms with E-state index in [-0.39, 0.29) is 11.8 Å². The Labute approximate surface area is 172 Å². The number of benzene rings is 2. The summed E-state index contributed by atoms with van der Waals surface area (Å²) in [6.45, 7) is 1.41. The maximum atomic E-state index is 12.5. The fraction of sp³-hybridized carbons (Fsp3) is 0.381. The fourth-order valence-electron chi connectivity index (χ4n) is 3.34. The first kappa shape index (κ1) is 21.6. The molecule has 3 rings (SSSR count). The standard InChI is InChI=1S/C21H23F3N2O4/c1-28-18-11-15-8-10-26(13-16(15)12-19(18)29-2)20(27)25-9-7-14-3-5-17(6-4-14)30-21(22,23)24/h3-6,11-12H,7-10,13H2,1-2H3,(H,25,27). The molecule has 1 aliphatic rings. The van der Waals surface area contributed by atoms with Crippen LogP contribution in [0.15, 0.2) is 36.4 Å². The molecule has 1 aliphatic heterocycles. The van der Waals surface area contributed by atoms with Crippen LogP contribution in [0.3, 0.4) is 0 Å². The summed E-state index contributed by atoms with van der Waals surface area (Å²) in [5, 5.41) is 2.86. The second kappa shape index (κ2) is 9.15. The van der Waals surface area contributed by atoms with Crippen molar-refractivity contribution in [2.24, 2.45) is 0 Å².